The maximum Gasteiger partial charge on any atom is 0.323 e. The Kier molecular flexibility index (Phi) is 5.01. The number of aliphatic hydroxyl groups is 1. The Morgan fingerprint density at radius 3 is 2.60 bits per heavy atom. The Balaban J connectivity index is 1.59. The molecule has 0 aliphatic heterocycles. The van der Waals surface area contributed by atoms with Gasteiger partial charge in [-0.05, 0) is 13.0 Å². The van der Waals surface area contributed by atoms with Gasteiger partial charge in [0.05, 0.1) is 53.5 Å². The monoisotopic (exact) mass is 434 g/mol. The van der Waals surface area contributed by atoms with E-state index in [4.69, 9.17) is 11.6 Å². The molecule has 30 heavy (non-hydrogen) atoms. The lowest BCUT2D eigenvalue weighted by atomic mass is 10.1. The number of aromatic nitrogens is 6. The predicted molar refractivity (Wildman–Crippen MR) is 103 cm³/mol. The zero-order chi connectivity index (χ0) is 21.4. The number of rotatable bonds is 4. The molecule has 0 radical (unpaired) electrons. The van der Waals surface area contributed by atoms with E-state index in [1.54, 1.807) is 0 Å². The molecule has 0 aromatic carbocycles. The number of carbonyl (C=O) groups is 1. The molecular weight excluding hydrogens is 422 g/mol. The lowest BCUT2D eigenvalue weighted by Crippen LogP contribution is -2.21. The van der Waals surface area contributed by atoms with Gasteiger partial charge in [-0.25, -0.2) is 23.1 Å². The molecule has 0 unspecified atom stereocenters. The molecule has 4 rings (SSSR count). The van der Waals surface area contributed by atoms with Crippen LogP contribution in [-0.4, -0.2) is 40.7 Å². The van der Waals surface area contributed by atoms with Gasteiger partial charge in [-0.15, -0.1) is 4.80 Å². The number of halogens is 3. The maximum absolute atomic E-state index is 14.1. The van der Waals surface area contributed by atoms with E-state index < -0.39 is 23.8 Å². The number of aliphatic hydroxyl groups excluding tert-OH is 1. The summed E-state index contributed by atoms with van der Waals surface area (Å²) >= 11 is 6.16. The van der Waals surface area contributed by atoms with Gasteiger partial charge in [0, 0.05) is 5.56 Å². The van der Waals surface area contributed by atoms with Gasteiger partial charge in [0.25, 0.3) is 0 Å². The third-order valence-electron chi connectivity index (χ3n) is 4.09. The quantitative estimate of drug-likeness (QED) is 0.454. The van der Waals surface area contributed by atoms with Gasteiger partial charge in [0.2, 0.25) is 0 Å². The van der Waals surface area contributed by atoms with Crippen LogP contribution in [0.5, 0.6) is 0 Å². The molecule has 2 amide bonds. The van der Waals surface area contributed by atoms with Gasteiger partial charge in [0.1, 0.15) is 5.52 Å². The third kappa shape index (κ3) is 3.53. The van der Waals surface area contributed by atoms with Crippen molar-refractivity contribution < 1.29 is 18.7 Å². The summed E-state index contributed by atoms with van der Waals surface area (Å²) in [5.74, 6) is -2.04. The van der Waals surface area contributed by atoms with Crippen molar-refractivity contribution in [3.63, 3.8) is 0 Å². The SMILES string of the molecule is C[C@H](O)c1c(NC(=O)Nc2cnc(-n3nccn3)c(Cl)c2)cnn2cc(F)c(F)c12. The first-order valence-corrected chi connectivity index (χ1v) is 8.86. The van der Waals surface area contributed by atoms with E-state index >= 15 is 0 Å². The van der Waals surface area contributed by atoms with Crippen LogP contribution in [0.1, 0.15) is 18.6 Å². The van der Waals surface area contributed by atoms with Crippen LogP contribution in [0.25, 0.3) is 11.3 Å². The summed E-state index contributed by atoms with van der Waals surface area (Å²) in [6, 6.07) is 0.699. The van der Waals surface area contributed by atoms with Crippen LogP contribution in [0.3, 0.4) is 0 Å². The third-order valence-corrected chi connectivity index (χ3v) is 4.37. The molecule has 0 spiro atoms. The summed E-state index contributed by atoms with van der Waals surface area (Å²) in [5, 5.41) is 26.9. The molecule has 0 saturated carbocycles. The number of pyridine rings is 1. The van der Waals surface area contributed by atoms with Gasteiger partial charge >= 0.3 is 6.03 Å². The van der Waals surface area contributed by atoms with E-state index in [2.05, 4.69) is 30.9 Å². The standard InChI is InChI=1S/C17H13ClF2N8O2/c1-8(29)13-12(6-24-27-7-11(19)14(20)15(13)27)26-17(30)25-9-4-10(18)16(21-5-9)28-22-2-3-23-28/h2-8,29H,1H3,(H2,25,26,30)/t8-/m0/s1. The topological polar surface area (TPSA) is 122 Å². The van der Waals surface area contributed by atoms with E-state index in [0.717, 1.165) is 10.7 Å². The smallest absolute Gasteiger partial charge is 0.323 e. The van der Waals surface area contributed by atoms with Crippen molar-refractivity contribution >= 4 is 34.5 Å². The van der Waals surface area contributed by atoms with Crippen molar-refractivity contribution in [1.82, 2.24) is 29.6 Å². The number of fused-ring (bicyclic) bond motifs is 1. The van der Waals surface area contributed by atoms with Crippen LogP contribution in [-0.2, 0) is 0 Å². The largest absolute Gasteiger partial charge is 0.389 e. The van der Waals surface area contributed by atoms with Crippen LogP contribution in [0.4, 0.5) is 25.0 Å². The van der Waals surface area contributed by atoms with Crippen molar-refractivity contribution in [3.8, 4) is 5.82 Å². The lowest BCUT2D eigenvalue weighted by Gasteiger charge is -2.15. The first kappa shape index (κ1) is 19.7. The van der Waals surface area contributed by atoms with E-state index in [0.29, 0.717) is 0 Å². The Hall–Kier alpha value is -3.64. The van der Waals surface area contributed by atoms with Crippen molar-refractivity contribution in [2.75, 3.05) is 10.6 Å². The molecule has 13 heteroatoms. The average Bonchev–Trinajstić information content (AvgIpc) is 3.31. The molecule has 4 aromatic rings. The fourth-order valence-electron chi connectivity index (χ4n) is 2.87. The van der Waals surface area contributed by atoms with Gasteiger partial charge in [-0.2, -0.15) is 15.3 Å². The Morgan fingerprint density at radius 2 is 1.93 bits per heavy atom. The minimum atomic E-state index is -1.22. The number of nitrogens with one attached hydrogen (secondary N) is 2. The zero-order valence-electron chi connectivity index (χ0n) is 15.2. The minimum Gasteiger partial charge on any atom is -0.389 e. The molecule has 4 heterocycles. The van der Waals surface area contributed by atoms with Crippen molar-refractivity contribution in [1.29, 1.82) is 0 Å². The average molecular weight is 435 g/mol. The number of carbonyl (C=O) groups excluding carboxylic acids is 1. The van der Waals surface area contributed by atoms with Crippen LogP contribution in [0.15, 0.2) is 37.1 Å². The lowest BCUT2D eigenvalue weighted by molar-refractivity contribution is 0.200. The highest BCUT2D eigenvalue weighted by molar-refractivity contribution is 6.32. The highest BCUT2D eigenvalue weighted by Gasteiger charge is 2.22. The number of hydrogen-bond donors (Lipinski definition) is 3. The molecule has 0 saturated heterocycles. The first-order chi connectivity index (χ1) is 14.3. The zero-order valence-corrected chi connectivity index (χ0v) is 16.0. The van der Waals surface area contributed by atoms with Gasteiger partial charge < -0.3 is 15.7 Å². The molecule has 0 fully saturated rings. The van der Waals surface area contributed by atoms with E-state index in [-0.39, 0.29) is 33.3 Å². The molecule has 10 nitrogen and oxygen atoms in total. The van der Waals surface area contributed by atoms with E-state index in [1.165, 1.54) is 42.6 Å². The molecule has 4 aromatic heterocycles. The summed E-state index contributed by atoms with van der Waals surface area (Å²) in [6.45, 7) is 1.36. The van der Waals surface area contributed by atoms with E-state index in [1.807, 2.05) is 0 Å². The van der Waals surface area contributed by atoms with E-state index in [9.17, 15) is 18.7 Å². The van der Waals surface area contributed by atoms with Crippen molar-refractivity contribution in [2.24, 2.45) is 0 Å². The fourth-order valence-corrected chi connectivity index (χ4v) is 3.11. The number of urea groups is 1. The molecule has 0 aliphatic carbocycles. The summed E-state index contributed by atoms with van der Waals surface area (Å²) in [7, 11) is 0. The highest BCUT2D eigenvalue weighted by Crippen LogP contribution is 2.30. The number of hydrogen-bond acceptors (Lipinski definition) is 6. The molecule has 3 N–H and O–H groups in total. The fraction of sp³-hybridized carbons (Fsp3) is 0.118. The molecule has 154 valence electrons. The molecular formula is C17H13ClF2N8O2. The van der Waals surface area contributed by atoms with Gasteiger partial charge in [-0.3, -0.25) is 0 Å². The van der Waals surface area contributed by atoms with Crippen LogP contribution >= 0.6 is 11.6 Å². The van der Waals surface area contributed by atoms with Gasteiger partial charge in [-0.1, -0.05) is 11.6 Å². The van der Waals surface area contributed by atoms with Crippen molar-refractivity contribution in [3.05, 3.63) is 59.3 Å². The summed E-state index contributed by atoms with van der Waals surface area (Å²) < 4.78 is 28.7. The normalized spacial score (nSPS) is 12.2. The number of anilines is 2. The summed E-state index contributed by atoms with van der Waals surface area (Å²) in [6.07, 6.45) is 5.05. The Morgan fingerprint density at radius 1 is 1.20 bits per heavy atom. The molecule has 0 aliphatic rings. The second-order valence-electron chi connectivity index (χ2n) is 6.16. The van der Waals surface area contributed by atoms with Crippen LogP contribution in [0, 0.1) is 11.6 Å². The minimum absolute atomic E-state index is 0.00316. The van der Waals surface area contributed by atoms with Crippen LogP contribution < -0.4 is 10.6 Å². The maximum atomic E-state index is 14.1. The second-order valence-corrected chi connectivity index (χ2v) is 6.57. The molecule has 0 bridgehead atoms. The summed E-state index contributed by atoms with van der Waals surface area (Å²) in [4.78, 5) is 17.7. The number of nitrogens with zero attached hydrogens (tertiary/aromatic N) is 6. The summed E-state index contributed by atoms with van der Waals surface area (Å²) in [5.41, 5.74) is -0.0525. The number of amides is 2. The first-order valence-electron chi connectivity index (χ1n) is 8.48. The van der Waals surface area contributed by atoms with Crippen LogP contribution in [0.2, 0.25) is 5.02 Å². The Labute approximate surface area is 172 Å². The van der Waals surface area contributed by atoms with Crippen molar-refractivity contribution in [2.45, 2.75) is 13.0 Å². The van der Waals surface area contributed by atoms with Gasteiger partial charge in [0.15, 0.2) is 17.5 Å². The molecule has 1 atom stereocenters. The highest BCUT2D eigenvalue weighted by atomic mass is 35.5. The Bertz CT molecular complexity index is 1240. The predicted octanol–water partition coefficient (Wildman–Crippen LogP) is 2.94. The second kappa shape index (κ2) is 7.65.